The first-order valence-electron chi connectivity index (χ1n) is 7.19. The third-order valence-corrected chi connectivity index (χ3v) is 4.89. The van der Waals surface area contributed by atoms with Crippen LogP contribution in [0, 0.1) is 0 Å². The summed E-state index contributed by atoms with van der Waals surface area (Å²) < 4.78 is 0. The lowest BCUT2D eigenvalue weighted by Gasteiger charge is -2.35. The first kappa shape index (κ1) is 15.4. The van der Waals surface area contributed by atoms with Gasteiger partial charge >= 0.3 is 5.97 Å². The zero-order valence-electron chi connectivity index (χ0n) is 12.2. The molecule has 1 aliphatic heterocycles. The lowest BCUT2D eigenvalue weighted by Crippen LogP contribution is -2.47. The SMILES string of the molecule is CCN1CCN(CC(C)c2nc(CC(=O)O)cs2)CC1. The van der Waals surface area contributed by atoms with E-state index in [0.29, 0.717) is 11.6 Å². The molecule has 2 rings (SSSR count). The summed E-state index contributed by atoms with van der Waals surface area (Å²) in [6, 6.07) is 0. The van der Waals surface area contributed by atoms with Crippen molar-refractivity contribution in [3.63, 3.8) is 0 Å². The maximum absolute atomic E-state index is 10.7. The highest BCUT2D eigenvalue weighted by atomic mass is 32.1. The molecule has 1 unspecified atom stereocenters. The summed E-state index contributed by atoms with van der Waals surface area (Å²) in [6.07, 6.45) is 0.0262. The molecule has 0 bridgehead atoms. The molecule has 1 N–H and O–H groups in total. The van der Waals surface area contributed by atoms with Gasteiger partial charge in [0.2, 0.25) is 0 Å². The summed E-state index contributed by atoms with van der Waals surface area (Å²) in [4.78, 5) is 20.1. The molecular formula is C14H23N3O2S. The van der Waals surface area contributed by atoms with Crippen molar-refractivity contribution in [2.75, 3.05) is 39.3 Å². The van der Waals surface area contributed by atoms with Gasteiger partial charge in [-0.1, -0.05) is 13.8 Å². The quantitative estimate of drug-likeness (QED) is 0.862. The van der Waals surface area contributed by atoms with E-state index < -0.39 is 5.97 Å². The molecule has 0 amide bonds. The van der Waals surface area contributed by atoms with E-state index in [2.05, 4.69) is 28.6 Å². The number of carbonyl (C=O) groups is 1. The van der Waals surface area contributed by atoms with Crippen LogP contribution < -0.4 is 0 Å². The van der Waals surface area contributed by atoms with Gasteiger partial charge < -0.3 is 14.9 Å². The summed E-state index contributed by atoms with van der Waals surface area (Å²) in [5, 5.41) is 11.7. The van der Waals surface area contributed by atoms with Crippen molar-refractivity contribution in [1.29, 1.82) is 0 Å². The van der Waals surface area contributed by atoms with E-state index in [1.165, 1.54) is 0 Å². The van der Waals surface area contributed by atoms with Crippen LogP contribution in [0.2, 0.25) is 0 Å². The second-order valence-corrected chi connectivity index (χ2v) is 6.27. The summed E-state index contributed by atoms with van der Waals surface area (Å²) in [6.45, 7) is 11.0. The minimum Gasteiger partial charge on any atom is -0.481 e. The number of nitrogens with zero attached hydrogens (tertiary/aromatic N) is 3. The number of piperazine rings is 1. The van der Waals surface area contributed by atoms with E-state index in [1.807, 2.05) is 5.38 Å². The lowest BCUT2D eigenvalue weighted by molar-refractivity contribution is -0.136. The van der Waals surface area contributed by atoms with Crippen molar-refractivity contribution in [1.82, 2.24) is 14.8 Å². The van der Waals surface area contributed by atoms with Gasteiger partial charge in [-0.05, 0) is 6.54 Å². The number of carboxylic acid groups (broad SMARTS) is 1. The van der Waals surface area contributed by atoms with Crippen molar-refractivity contribution in [2.24, 2.45) is 0 Å². The molecule has 5 nitrogen and oxygen atoms in total. The molecule has 1 fully saturated rings. The Bertz CT molecular complexity index is 441. The monoisotopic (exact) mass is 297 g/mol. The second kappa shape index (κ2) is 7.15. The van der Waals surface area contributed by atoms with Crippen molar-refractivity contribution in [3.05, 3.63) is 16.1 Å². The molecule has 6 heteroatoms. The Morgan fingerprint density at radius 1 is 1.40 bits per heavy atom. The van der Waals surface area contributed by atoms with Gasteiger partial charge in [-0.3, -0.25) is 4.79 Å². The van der Waals surface area contributed by atoms with Crippen LogP contribution in [0.25, 0.3) is 0 Å². The third-order valence-electron chi connectivity index (χ3n) is 3.77. The zero-order valence-corrected chi connectivity index (χ0v) is 13.0. The zero-order chi connectivity index (χ0) is 14.5. The summed E-state index contributed by atoms with van der Waals surface area (Å²) in [5.41, 5.74) is 0.681. The fraction of sp³-hybridized carbons (Fsp3) is 0.714. The maximum atomic E-state index is 10.7. The van der Waals surface area contributed by atoms with E-state index in [1.54, 1.807) is 11.3 Å². The van der Waals surface area contributed by atoms with Gasteiger partial charge in [-0.15, -0.1) is 11.3 Å². The molecule has 0 aliphatic carbocycles. The molecule has 0 aromatic carbocycles. The third kappa shape index (κ3) is 4.26. The molecule has 112 valence electrons. The first-order chi connectivity index (χ1) is 9.58. The minimum absolute atomic E-state index is 0.0262. The molecule has 2 heterocycles. The number of hydrogen-bond donors (Lipinski definition) is 1. The lowest BCUT2D eigenvalue weighted by atomic mass is 10.1. The molecular weight excluding hydrogens is 274 g/mol. The Hall–Kier alpha value is -0.980. The first-order valence-corrected chi connectivity index (χ1v) is 8.07. The van der Waals surface area contributed by atoms with Gasteiger partial charge in [0.1, 0.15) is 0 Å². The van der Waals surface area contributed by atoms with Crippen LogP contribution in [0.3, 0.4) is 0 Å². The number of hydrogen-bond acceptors (Lipinski definition) is 5. The molecule has 1 aliphatic rings. The van der Waals surface area contributed by atoms with E-state index >= 15 is 0 Å². The summed E-state index contributed by atoms with van der Waals surface area (Å²) in [5.74, 6) is -0.444. The molecule has 1 saturated heterocycles. The number of rotatable bonds is 6. The van der Waals surface area contributed by atoms with Gasteiger partial charge in [0.05, 0.1) is 17.1 Å². The molecule has 20 heavy (non-hydrogen) atoms. The van der Waals surface area contributed by atoms with Crippen LogP contribution in [0.1, 0.15) is 30.5 Å². The van der Waals surface area contributed by atoms with E-state index in [-0.39, 0.29) is 6.42 Å². The van der Waals surface area contributed by atoms with E-state index in [9.17, 15) is 4.79 Å². The van der Waals surface area contributed by atoms with Crippen LogP contribution in [-0.2, 0) is 11.2 Å². The van der Waals surface area contributed by atoms with Crippen molar-refractivity contribution in [3.8, 4) is 0 Å². The number of aliphatic carboxylic acids is 1. The van der Waals surface area contributed by atoms with Crippen LogP contribution >= 0.6 is 11.3 Å². The van der Waals surface area contributed by atoms with Crippen LogP contribution in [0.5, 0.6) is 0 Å². The Morgan fingerprint density at radius 3 is 2.65 bits per heavy atom. The molecule has 1 atom stereocenters. The number of likely N-dealkylation sites (N-methyl/N-ethyl adjacent to an activating group) is 1. The van der Waals surface area contributed by atoms with Gasteiger partial charge in [0.25, 0.3) is 0 Å². The second-order valence-electron chi connectivity index (χ2n) is 5.38. The number of carboxylic acids is 1. The summed E-state index contributed by atoms with van der Waals surface area (Å²) in [7, 11) is 0. The Balaban J connectivity index is 1.84. The average molecular weight is 297 g/mol. The van der Waals surface area contributed by atoms with Crippen LogP contribution in [0.4, 0.5) is 0 Å². The summed E-state index contributed by atoms with van der Waals surface area (Å²) >= 11 is 1.58. The van der Waals surface area contributed by atoms with Gasteiger partial charge in [-0.2, -0.15) is 0 Å². The minimum atomic E-state index is -0.815. The highest BCUT2D eigenvalue weighted by Crippen LogP contribution is 2.22. The average Bonchev–Trinajstić information content (AvgIpc) is 2.87. The predicted molar refractivity (Wildman–Crippen MR) is 80.4 cm³/mol. The normalized spacial score (nSPS) is 19.1. The van der Waals surface area contributed by atoms with Gasteiger partial charge in [0.15, 0.2) is 0 Å². The topological polar surface area (TPSA) is 56.7 Å². The number of aromatic nitrogens is 1. The van der Waals surface area contributed by atoms with Gasteiger partial charge in [0, 0.05) is 44.0 Å². The van der Waals surface area contributed by atoms with E-state index in [4.69, 9.17) is 5.11 Å². The van der Waals surface area contributed by atoms with Crippen LogP contribution in [0.15, 0.2) is 5.38 Å². The molecule has 0 radical (unpaired) electrons. The Labute approximate surface area is 124 Å². The van der Waals surface area contributed by atoms with Crippen molar-refractivity contribution in [2.45, 2.75) is 26.2 Å². The molecule has 1 aromatic heterocycles. The standard InChI is InChI=1S/C14H23N3O2S/c1-3-16-4-6-17(7-5-16)9-11(2)14-15-12(10-20-14)8-13(18)19/h10-11H,3-9H2,1-2H3,(H,18,19). The fourth-order valence-electron chi connectivity index (χ4n) is 2.54. The van der Waals surface area contributed by atoms with Crippen LogP contribution in [-0.4, -0.2) is 65.1 Å². The van der Waals surface area contributed by atoms with Gasteiger partial charge in [-0.25, -0.2) is 4.98 Å². The van der Waals surface area contributed by atoms with Crippen molar-refractivity contribution < 1.29 is 9.90 Å². The van der Waals surface area contributed by atoms with Crippen molar-refractivity contribution >= 4 is 17.3 Å². The Kier molecular flexibility index (Phi) is 5.51. The highest BCUT2D eigenvalue weighted by molar-refractivity contribution is 7.09. The maximum Gasteiger partial charge on any atom is 0.309 e. The largest absolute Gasteiger partial charge is 0.481 e. The molecule has 0 saturated carbocycles. The molecule has 0 spiro atoms. The fourth-order valence-corrected chi connectivity index (χ4v) is 3.41. The number of thiazole rings is 1. The molecule has 1 aromatic rings. The smallest absolute Gasteiger partial charge is 0.309 e. The van der Waals surface area contributed by atoms with E-state index in [0.717, 1.165) is 44.3 Å². The highest BCUT2D eigenvalue weighted by Gasteiger charge is 2.19. The predicted octanol–water partition coefficient (Wildman–Crippen LogP) is 1.51. The Morgan fingerprint density at radius 2 is 2.05 bits per heavy atom.